The van der Waals surface area contributed by atoms with E-state index in [1.807, 2.05) is 12.1 Å². The van der Waals surface area contributed by atoms with Gasteiger partial charge in [0.05, 0.1) is 11.4 Å². The van der Waals surface area contributed by atoms with Crippen molar-refractivity contribution in [1.29, 1.82) is 10.8 Å². The van der Waals surface area contributed by atoms with Crippen LogP contribution < -0.4 is 27.8 Å². The van der Waals surface area contributed by atoms with Crippen LogP contribution in [0.25, 0.3) is 0 Å². The fourth-order valence-corrected chi connectivity index (χ4v) is 1.08. The Morgan fingerprint density at radius 3 is 2.00 bits per heavy atom. The van der Waals surface area contributed by atoms with Crippen molar-refractivity contribution in [3.63, 3.8) is 0 Å². The highest BCUT2D eigenvalue weighted by Gasteiger charge is 1.93. The molecule has 0 bridgehead atoms. The number of hydrogen-bond acceptors (Lipinski definition) is 4. The fourth-order valence-electron chi connectivity index (χ4n) is 1.08. The highest BCUT2D eigenvalue weighted by molar-refractivity contribution is 5.94. The Balaban J connectivity index is 0. The van der Waals surface area contributed by atoms with Crippen molar-refractivity contribution in [3.8, 4) is 0 Å². The van der Waals surface area contributed by atoms with E-state index in [0.29, 0.717) is 11.4 Å². The summed E-state index contributed by atoms with van der Waals surface area (Å²) in [5.74, 6) is -0.120. The van der Waals surface area contributed by atoms with Gasteiger partial charge in [-0.15, -0.1) is 12.4 Å². The second-order valence-corrected chi connectivity index (χ2v) is 3.82. The van der Waals surface area contributed by atoms with Crippen molar-refractivity contribution >= 4 is 35.7 Å². The largest absolute Gasteiger partial charge is 0.397 e. The molecular formula is C12H24ClN7. The van der Waals surface area contributed by atoms with E-state index in [4.69, 9.17) is 28.0 Å². The fraction of sp³-hybridized carbons (Fsp3) is 0.333. The highest BCUT2D eigenvalue weighted by atomic mass is 35.5. The molecule has 0 atom stereocenters. The van der Waals surface area contributed by atoms with E-state index in [1.165, 1.54) is 0 Å². The van der Waals surface area contributed by atoms with E-state index < -0.39 is 0 Å². The van der Waals surface area contributed by atoms with Gasteiger partial charge < -0.3 is 22.5 Å². The van der Waals surface area contributed by atoms with Crippen LogP contribution in [0.2, 0.25) is 0 Å². The minimum Gasteiger partial charge on any atom is -0.397 e. The van der Waals surface area contributed by atoms with E-state index in [9.17, 15) is 0 Å². The van der Waals surface area contributed by atoms with Crippen LogP contribution in [-0.2, 0) is 0 Å². The third kappa shape index (κ3) is 11.0. The molecule has 0 aliphatic heterocycles. The number of halogens is 1. The number of rotatable bonds is 3. The molecule has 0 amide bonds. The Labute approximate surface area is 125 Å². The normalized spacial score (nSPS) is 8.45. The summed E-state index contributed by atoms with van der Waals surface area (Å²) in [6.45, 7) is 2.82. The van der Waals surface area contributed by atoms with Crippen molar-refractivity contribution in [2.45, 2.75) is 19.8 Å². The monoisotopic (exact) mass is 301 g/mol. The molecule has 10 N–H and O–H groups in total. The first-order valence-corrected chi connectivity index (χ1v) is 6.00. The summed E-state index contributed by atoms with van der Waals surface area (Å²) in [5, 5.41) is 19.0. The standard InChI is InChI=1S/C6H15N5.C6H8N2.ClH/c1-2-3-4-10-6(9)11-5(7)8;7-5-3-1-2-4-6(5)8;/h2-4H2,1H3,(H6,7,8,9,10,11);1-4H,7-8H2;1H. The summed E-state index contributed by atoms with van der Waals surface area (Å²) < 4.78 is 0. The van der Waals surface area contributed by atoms with Gasteiger partial charge in [0.2, 0.25) is 0 Å². The van der Waals surface area contributed by atoms with Crippen molar-refractivity contribution in [2.24, 2.45) is 5.73 Å². The van der Waals surface area contributed by atoms with E-state index in [0.717, 1.165) is 19.4 Å². The number of nitrogen functional groups attached to an aromatic ring is 2. The van der Waals surface area contributed by atoms with Gasteiger partial charge in [0.15, 0.2) is 11.9 Å². The highest BCUT2D eigenvalue weighted by Crippen LogP contribution is 2.10. The topological polar surface area (TPSA) is 150 Å². The van der Waals surface area contributed by atoms with Crippen molar-refractivity contribution < 1.29 is 0 Å². The maximum Gasteiger partial charge on any atom is 0.195 e. The van der Waals surface area contributed by atoms with E-state index >= 15 is 0 Å². The van der Waals surface area contributed by atoms with Crippen LogP contribution in [-0.4, -0.2) is 18.5 Å². The maximum absolute atomic E-state index is 7.15. The Morgan fingerprint density at radius 2 is 1.65 bits per heavy atom. The lowest BCUT2D eigenvalue weighted by Gasteiger charge is -2.06. The van der Waals surface area contributed by atoms with Crippen LogP contribution in [0.4, 0.5) is 11.4 Å². The molecule has 1 rings (SSSR count). The third-order valence-corrected chi connectivity index (χ3v) is 2.09. The molecule has 20 heavy (non-hydrogen) atoms. The molecule has 1 aromatic carbocycles. The third-order valence-electron chi connectivity index (χ3n) is 2.09. The molecule has 0 aromatic heterocycles. The number of para-hydroxylation sites is 2. The molecule has 1 aromatic rings. The van der Waals surface area contributed by atoms with E-state index in [-0.39, 0.29) is 24.3 Å². The van der Waals surface area contributed by atoms with Gasteiger partial charge in [-0.05, 0) is 18.6 Å². The average Bonchev–Trinajstić information content (AvgIpc) is 2.33. The smallest absolute Gasteiger partial charge is 0.195 e. The molecule has 7 nitrogen and oxygen atoms in total. The van der Waals surface area contributed by atoms with Gasteiger partial charge in [-0.3, -0.25) is 16.1 Å². The number of anilines is 2. The van der Waals surface area contributed by atoms with Gasteiger partial charge in [-0.1, -0.05) is 25.5 Å². The van der Waals surface area contributed by atoms with Crippen molar-refractivity contribution in [2.75, 3.05) is 18.0 Å². The molecule has 0 unspecified atom stereocenters. The summed E-state index contributed by atoms with van der Waals surface area (Å²) in [6.07, 6.45) is 2.10. The first-order chi connectivity index (χ1) is 8.97. The predicted molar refractivity (Wildman–Crippen MR) is 88.2 cm³/mol. The van der Waals surface area contributed by atoms with E-state index in [2.05, 4.69) is 17.6 Å². The number of hydrogen-bond donors (Lipinski definition) is 7. The Hall–Kier alpha value is -2.15. The zero-order valence-corrected chi connectivity index (χ0v) is 12.4. The summed E-state index contributed by atoms with van der Waals surface area (Å²) in [4.78, 5) is 0. The quantitative estimate of drug-likeness (QED) is 0.193. The van der Waals surface area contributed by atoms with Crippen molar-refractivity contribution in [3.05, 3.63) is 24.3 Å². The van der Waals surface area contributed by atoms with E-state index in [1.54, 1.807) is 12.1 Å². The molecule has 0 aliphatic carbocycles. The van der Waals surface area contributed by atoms with Crippen LogP contribution >= 0.6 is 12.4 Å². The lowest BCUT2D eigenvalue weighted by molar-refractivity contribution is 0.744. The lowest BCUT2D eigenvalue weighted by atomic mass is 10.3. The molecule has 0 radical (unpaired) electrons. The molecule has 0 saturated heterocycles. The lowest BCUT2D eigenvalue weighted by Crippen LogP contribution is -2.43. The zero-order valence-electron chi connectivity index (χ0n) is 11.6. The molecule has 8 heteroatoms. The van der Waals surface area contributed by atoms with Gasteiger partial charge >= 0.3 is 0 Å². The summed E-state index contributed by atoms with van der Waals surface area (Å²) in [6, 6.07) is 7.25. The van der Waals surface area contributed by atoms with Crippen LogP contribution in [0.3, 0.4) is 0 Å². The Morgan fingerprint density at radius 1 is 1.15 bits per heavy atom. The first-order valence-electron chi connectivity index (χ1n) is 6.00. The van der Waals surface area contributed by atoms with Crippen LogP contribution in [0.1, 0.15) is 19.8 Å². The zero-order chi connectivity index (χ0) is 14.7. The molecule has 0 spiro atoms. The Kier molecular flexibility index (Phi) is 12.0. The summed E-state index contributed by atoms with van der Waals surface area (Å²) in [5.41, 5.74) is 17.1. The molecule has 114 valence electrons. The number of guanidine groups is 2. The average molecular weight is 302 g/mol. The number of unbranched alkanes of at least 4 members (excludes halogenated alkanes) is 1. The van der Waals surface area contributed by atoms with Gasteiger partial charge in [-0.25, -0.2) is 0 Å². The summed E-state index contributed by atoms with van der Waals surface area (Å²) in [7, 11) is 0. The van der Waals surface area contributed by atoms with Crippen molar-refractivity contribution in [1.82, 2.24) is 10.6 Å². The molecule has 0 heterocycles. The minimum absolute atomic E-state index is 0. The molecule has 0 saturated carbocycles. The molecular weight excluding hydrogens is 278 g/mol. The minimum atomic E-state index is -0.209. The van der Waals surface area contributed by atoms with Gasteiger partial charge in [0.1, 0.15) is 0 Å². The van der Waals surface area contributed by atoms with Gasteiger partial charge in [-0.2, -0.15) is 0 Å². The summed E-state index contributed by atoms with van der Waals surface area (Å²) >= 11 is 0. The van der Waals surface area contributed by atoms with Gasteiger partial charge in [0, 0.05) is 6.54 Å². The van der Waals surface area contributed by atoms with Crippen LogP contribution in [0, 0.1) is 10.8 Å². The predicted octanol–water partition coefficient (Wildman–Crippen LogP) is 1.07. The van der Waals surface area contributed by atoms with Crippen LogP contribution in [0.15, 0.2) is 24.3 Å². The number of benzene rings is 1. The van der Waals surface area contributed by atoms with Crippen LogP contribution in [0.5, 0.6) is 0 Å². The molecule has 0 aliphatic rings. The van der Waals surface area contributed by atoms with Gasteiger partial charge in [0.25, 0.3) is 0 Å². The Bertz CT molecular complexity index is 388. The SMILES string of the molecule is CCCCNC(=N)NC(=N)N.Cl.Nc1ccccc1N. The number of nitrogens with two attached hydrogens (primary N) is 3. The number of nitrogens with one attached hydrogen (secondary N) is 4. The first kappa shape index (κ1) is 20.2. The second-order valence-electron chi connectivity index (χ2n) is 3.82. The maximum atomic E-state index is 7.15. The molecule has 0 fully saturated rings. The second kappa shape index (κ2) is 11.9.